The summed E-state index contributed by atoms with van der Waals surface area (Å²) in [5.41, 5.74) is 3.71. The second-order valence-electron chi connectivity index (χ2n) is 5.92. The van der Waals surface area contributed by atoms with Crippen molar-refractivity contribution in [3.8, 4) is 5.75 Å². The second kappa shape index (κ2) is 7.51. The summed E-state index contributed by atoms with van der Waals surface area (Å²) in [4.78, 5) is 4.90. The Balaban J connectivity index is 1.85. The third-order valence-electron chi connectivity index (χ3n) is 4.57. The maximum atomic E-state index is 6.02. The van der Waals surface area contributed by atoms with Crippen LogP contribution in [-0.2, 0) is 6.61 Å². The Labute approximate surface area is 139 Å². The van der Waals surface area contributed by atoms with E-state index in [2.05, 4.69) is 66.1 Å². The number of rotatable bonds is 6. The first-order valence-electron chi connectivity index (χ1n) is 8.63. The highest BCUT2D eigenvalue weighted by molar-refractivity contribution is 5.72. The van der Waals surface area contributed by atoms with Gasteiger partial charge >= 0.3 is 0 Å². The largest absolute Gasteiger partial charge is 0.487 e. The van der Waals surface area contributed by atoms with E-state index in [0.717, 1.165) is 38.3 Å². The Hall–Kier alpha value is -2.00. The molecule has 0 fully saturated rings. The third kappa shape index (κ3) is 3.50. The number of para-hydroxylation sites is 3. The van der Waals surface area contributed by atoms with Crippen LogP contribution in [0.15, 0.2) is 48.5 Å². The van der Waals surface area contributed by atoms with Gasteiger partial charge in [-0.1, -0.05) is 44.2 Å². The predicted octanol–water partition coefficient (Wildman–Crippen LogP) is 4.45. The van der Waals surface area contributed by atoms with E-state index in [0.29, 0.717) is 6.61 Å². The number of hydrogen-bond acceptors (Lipinski definition) is 3. The third-order valence-corrected chi connectivity index (χ3v) is 4.57. The molecular formula is C20H26N2O. The molecule has 0 atom stereocenters. The number of nitrogens with zero attached hydrogens (tertiary/aromatic N) is 2. The van der Waals surface area contributed by atoms with Gasteiger partial charge in [-0.3, -0.25) is 0 Å². The van der Waals surface area contributed by atoms with Gasteiger partial charge in [0.15, 0.2) is 0 Å². The minimum Gasteiger partial charge on any atom is -0.487 e. The molecule has 1 aliphatic rings. The smallest absolute Gasteiger partial charge is 0.143 e. The van der Waals surface area contributed by atoms with E-state index >= 15 is 0 Å². The molecule has 1 aliphatic heterocycles. The Bertz CT molecular complexity index is 590. The van der Waals surface area contributed by atoms with E-state index in [1.165, 1.54) is 16.9 Å². The van der Waals surface area contributed by atoms with Gasteiger partial charge < -0.3 is 14.5 Å². The standard InChI is InChI=1S/C20H26N2O/c1-3-21(4-2)14-9-15-22-18-11-6-5-10-17(18)16-23-20-13-8-7-12-19(20)22/h5-8,10-13H,3-4,9,14-16H2,1-2H3. The van der Waals surface area contributed by atoms with Gasteiger partial charge in [0, 0.05) is 17.8 Å². The molecule has 0 amide bonds. The van der Waals surface area contributed by atoms with Crippen molar-refractivity contribution in [1.82, 2.24) is 4.90 Å². The lowest BCUT2D eigenvalue weighted by Crippen LogP contribution is -2.28. The summed E-state index contributed by atoms with van der Waals surface area (Å²) in [7, 11) is 0. The summed E-state index contributed by atoms with van der Waals surface area (Å²) in [6.45, 7) is 9.48. The average molecular weight is 310 g/mol. The van der Waals surface area contributed by atoms with Crippen LogP contribution in [0.3, 0.4) is 0 Å². The maximum absolute atomic E-state index is 6.02. The highest BCUT2D eigenvalue weighted by atomic mass is 16.5. The molecule has 0 unspecified atom stereocenters. The maximum Gasteiger partial charge on any atom is 0.143 e. The number of anilines is 2. The van der Waals surface area contributed by atoms with Crippen molar-refractivity contribution in [3.63, 3.8) is 0 Å². The van der Waals surface area contributed by atoms with Gasteiger partial charge in [-0.05, 0) is 44.3 Å². The minimum absolute atomic E-state index is 0.639. The van der Waals surface area contributed by atoms with Crippen molar-refractivity contribution >= 4 is 11.4 Å². The molecule has 0 saturated carbocycles. The zero-order chi connectivity index (χ0) is 16.1. The van der Waals surface area contributed by atoms with Gasteiger partial charge in [0.1, 0.15) is 12.4 Å². The Morgan fingerprint density at radius 2 is 1.65 bits per heavy atom. The Kier molecular flexibility index (Phi) is 5.19. The lowest BCUT2D eigenvalue weighted by Gasteiger charge is -2.27. The summed E-state index contributed by atoms with van der Waals surface area (Å²) in [6.07, 6.45) is 1.14. The molecule has 0 aromatic heterocycles. The lowest BCUT2D eigenvalue weighted by molar-refractivity contribution is 0.301. The minimum atomic E-state index is 0.639. The molecule has 0 saturated heterocycles. The van der Waals surface area contributed by atoms with Crippen LogP contribution < -0.4 is 9.64 Å². The number of fused-ring (bicyclic) bond motifs is 2. The molecule has 3 nitrogen and oxygen atoms in total. The van der Waals surface area contributed by atoms with Gasteiger partial charge in [-0.25, -0.2) is 0 Å². The Morgan fingerprint density at radius 3 is 2.43 bits per heavy atom. The van der Waals surface area contributed by atoms with Crippen LogP contribution in [-0.4, -0.2) is 31.1 Å². The highest BCUT2D eigenvalue weighted by Crippen LogP contribution is 2.39. The summed E-state index contributed by atoms with van der Waals surface area (Å²) < 4.78 is 6.02. The van der Waals surface area contributed by atoms with Gasteiger partial charge in [-0.2, -0.15) is 0 Å². The quantitative estimate of drug-likeness (QED) is 0.784. The van der Waals surface area contributed by atoms with Crippen LogP contribution in [0.2, 0.25) is 0 Å². The molecule has 1 heterocycles. The Morgan fingerprint density at radius 1 is 0.957 bits per heavy atom. The van der Waals surface area contributed by atoms with Crippen LogP contribution in [0.25, 0.3) is 0 Å². The lowest BCUT2D eigenvalue weighted by atomic mass is 10.1. The van der Waals surface area contributed by atoms with Crippen molar-refractivity contribution in [2.75, 3.05) is 31.1 Å². The molecule has 0 N–H and O–H groups in total. The predicted molar refractivity (Wildman–Crippen MR) is 96.6 cm³/mol. The van der Waals surface area contributed by atoms with Crippen molar-refractivity contribution in [1.29, 1.82) is 0 Å². The average Bonchev–Trinajstić information content (AvgIpc) is 2.76. The van der Waals surface area contributed by atoms with Crippen molar-refractivity contribution < 1.29 is 4.74 Å². The van der Waals surface area contributed by atoms with E-state index in [1.54, 1.807) is 0 Å². The molecule has 0 spiro atoms. The monoisotopic (exact) mass is 310 g/mol. The highest BCUT2D eigenvalue weighted by Gasteiger charge is 2.20. The first-order chi connectivity index (χ1) is 11.3. The summed E-state index contributed by atoms with van der Waals surface area (Å²) in [6, 6.07) is 16.9. The van der Waals surface area contributed by atoms with Crippen LogP contribution in [0.5, 0.6) is 5.75 Å². The van der Waals surface area contributed by atoms with E-state index in [-0.39, 0.29) is 0 Å². The van der Waals surface area contributed by atoms with Gasteiger partial charge in [0.2, 0.25) is 0 Å². The molecular weight excluding hydrogens is 284 g/mol. The van der Waals surface area contributed by atoms with Crippen LogP contribution in [0, 0.1) is 0 Å². The van der Waals surface area contributed by atoms with Gasteiger partial charge in [0.05, 0.1) is 5.69 Å². The molecule has 0 radical (unpaired) electrons. The summed E-state index contributed by atoms with van der Waals surface area (Å²) in [5.74, 6) is 0.978. The zero-order valence-electron chi connectivity index (χ0n) is 14.2. The topological polar surface area (TPSA) is 15.7 Å². The molecule has 2 aromatic carbocycles. The molecule has 0 bridgehead atoms. The van der Waals surface area contributed by atoms with Crippen molar-refractivity contribution in [2.24, 2.45) is 0 Å². The molecule has 0 aliphatic carbocycles. The first-order valence-corrected chi connectivity index (χ1v) is 8.63. The van der Waals surface area contributed by atoms with Crippen LogP contribution in [0.1, 0.15) is 25.8 Å². The van der Waals surface area contributed by atoms with E-state index < -0.39 is 0 Å². The van der Waals surface area contributed by atoms with E-state index in [4.69, 9.17) is 4.74 Å². The second-order valence-corrected chi connectivity index (χ2v) is 5.92. The molecule has 122 valence electrons. The van der Waals surface area contributed by atoms with Crippen LogP contribution >= 0.6 is 0 Å². The first kappa shape index (κ1) is 15.9. The fourth-order valence-corrected chi connectivity index (χ4v) is 3.22. The van der Waals surface area contributed by atoms with Gasteiger partial charge in [-0.15, -0.1) is 0 Å². The van der Waals surface area contributed by atoms with Crippen molar-refractivity contribution in [2.45, 2.75) is 26.9 Å². The number of benzene rings is 2. The number of ether oxygens (including phenoxy) is 1. The summed E-state index contributed by atoms with van der Waals surface area (Å²) >= 11 is 0. The molecule has 3 heteroatoms. The fourth-order valence-electron chi connectivity index (χ4n) is 3.22. The molecule has 3 rings (SSSR count). The normalized spacial score (nSPS) is 13.3. The zero-order valence-corrected chi connectivity index (χ0v) is 14.2. The van der Waals surface area contributed by atoms with E-state index in [9.17, 15) is 0 Å². The van der Waals surface area contributed by atoms with E-state index in [1.807, 2.05) is 6.07 Å². The molecule has 2 aromatic rings. The fraction of sp³-hybridized carbons (Fsp3) is 0.400. The summed E-state index contributed by atoms with van der Waals surface area (Å²) in [5, 5.41) is 0. The van der Waals surface area contributed by atoms with Crippen molar-refractivity contribution in [3.05, 3.63) is 54.1 Å². The molecule has 23 heavy (non-hydrogen) atoms. The number of hydrogen-bond donors (Lipinski definition) is 0. The SMILES string of the molecule is CCN(CC)CCCN1c2ccccc2COc2ccccc21. The van der Waals surface area contributed by atoms with Crippen LogP contribution in [0.4, 0.5) is 11.4 Å². The van der Waals surface area contributed by atoms with Gasteiger partial charge in [0.25, 0.3) is 0 Å².